The molecule has 0 saturated carbocycles. The van der Waals surface area contributed by atoms with Gasteiger partial charge in [0.25, 0.3) is 0 Å². The maximum Gasteiger partial charge on any atom is 0.236 e. The van der Waals surface area contributed by atoms with Crippen molar-refractivity contribution >= 4 is 5.91 Å². The van der Waals surface area contributed by atoms with Gasteiger partial charge in [-0.2, -0.15) is 0 Å². The predicted molar refractivity (Wildman–Crippen MR) is 85.9 cm³/mol. The molecule has 0 radical (unpaired) electrons. The second-order valence-corrected chi connectivity index (χ2v) is 6.05. The van der Waals surface area contributed by atoms with Gasteiger partial charge in [-0.25, -0.2) is 0 Å². The van der Waals surface area contributed by atoms with Crippen molar-refractivity contribution in [2.45, 2.75) is 32.6 Å². The third-order valence-electron chi connectivity index (χ3n) is 3.86. The fourth-order valence-electron chi connectivity index (χ4n) is 2.82. The van der Waals surface area contributed by atoms with Crippen molar-refractivity contribution in [3.05, 3.63) is 29.8 Å². The van der Waals surface area contributed by atoms with E-state index in [9.17, 15) is 4.79 Å². The highest BCUT2D eigenvalue weighted by molar-refractivity contribution is 5.78. The second-order valence-electron chi connectivity index (χ2n) is 6.05. The smallest absolute Gasteiger partial charge is 0.236 e. The highest BCUT2D eigenvalue weighted by Crippen LogP contribution is 2.14. The van der Waals surface area contributed by atoms with Crippen LogP contribution in [0.1, 0.15) is 19.4 Å². The minimum atomic E-state index is 0.136. The molecule has 1 aromatic carbocycles. The average molecular weight is 306 g/mol. The number of rotatable bonds is 5. The number of likely N-dealkylation sites (N-methyl/N-ethyl adjacent to an activating group) is 1. The quantitative estimate of drug-likeness (QED) is 0.831. The molecule has 0 aliphatic carbocycles. The van der Waals surface area contributed by atoms with Crippen LogP contribution in [-0.4, -0.2) is 61.7 Å². The molecule has 1 amide bonds. The fraction of sp³-hybridized carbons (Fsp3) is 0.588. The van der Waals surface area contributed by atoms with Gasteiger partial charge in [0.2, 0.25) is 5.91 Å². The lowest BCUT2D eigenvalue weighted by Gasteiger charge is -2.35. The normalized spacial score (nSPS) is 22.4. The molecule has 1 aliphatic rings. The third kappa shape index (κ3) is 4.71. The molecule has 1 saturated heterocycles. The Kier molecular flexibility index (Phi) is 5.80. The van der Waals surface area contributed by atoms with Crippen LogP contribution in [0.2, 0.25) is 0 Å². The van der Waals surface area contributed by atoms with Crippen LogP contribution in [0, 0.1) is 0 Å². The summed E-state index contributed by atoms with van der Waals surface area (Å²) in [5.74, 6) is 0.964. The molecule has 5 nitrogen and oxygen atoms in total. The molecule has 1 aromatic rings. The Bertz CT molecular complexity index is 479. The molecule has 0 aromatic heterocycles. The molecular weight excluding hydrogens is 280 g/mol. The Morgan fingerprint density at radius 3 is 2.41 bits per heavy atom. The van der Waals surface area contributed by atoms with E-state index in [1.54, 1.807) is 12.0 Å². The lowest BCUT2D eigenvalue weighted by atomic mass is 10.2. The Morgan fingerprint density at radius 2 is 1.86 bits per heavy atom. The maximum atomic E-state index is 12.4. The maximum absolute atomic E-state index is 12.4. The summed E-state index contributed by atoms with van der Waals surface area (Å²) < 4.78 is 10.8. The number of carbonyl (C=O) groups excluding carboxylic acids is 1. The molecule has 0 spiro atoms. The number of morpholine rings is 1. The van der Waals surface area contributed by atoms with Crippen molar-refractivity contribution in [1.82, 2.24) is 9.80 Å². The summed E-state index contributed by atoms with van der Waals surface area (Å²) in [7, 11) is 3.49. The van der Waals surface area contributed by atoms with Crippen molar-refractivity contribution in [1.29, 1.82) is 0 Å². The molecule has 122 valence electrons. The Balaban J connectivity index is 1.85. The number of ether oxygens (including phenoxy) is 2. The molecule has 2 rings (SSSR count). The lowest BCUT2D eigenvalue weighted by Crippen LogP contribution is -2.49. The monoisotopic (exact) mass is 306 g/mol. The van der Waals surface area contributed by atoms with E-state index in [0.29, 0.717) is 13.1 Å². The van der Waals surface area contributed by atoms with Gasteiger partial charge in [-0.05, 0) is 31.5 Å². The second kappa shape index (κ2) is 7.61. The van der Waals surface area contributed by atoms with E-state index < -0.39 is 0 Å². The van der Waals surface area contributed by atoms with Crippen molar-refractivity contribution in [3.63, 3.8) is 0 Å². The first-order valence-electron chi connectivity index (χ1n) is 7.72. The molecule has 5 heteroatoms. The fourth-order valence-corrected chi connectivity index (χ4v) is 2.82. The number of benzene rings is 1. The van der Waals surface area contributed by atoms with Crippen LogP contribution in [0.15, 0.2) is 24.3 Å². The van der Waals surface area contributed by atoms with E-state index in [4.69, 9.17) is 9.47 Å². The van der Waals surface area contributed by atoms with Crippen molar-refractivity contribution in [2.24, 2.45) is 0 Å². The van der Waals surface area contributed by atoms with E-state index in [2.05, 4.69) is 4.90 Å². The number of carbonyl (C=O) groups is 1. The molecule has 1 fully saturated rings. The Morgan fingerprint density at radius 1 is 1.27 bits per heavy atom. The lowest BCUT2D eigenvalue weighted by molar-refractivity contribution is -0.135. The summed E-state index contributed by atoms with van der Waals surface area (Å²) in [6.07, 6.45) is 0.367. The van der Waals surface area contributed by atoms with Gasteiger partial charge in [0, 0.05) is 26.7 Å². The van der Waals surface area contributed by atoms with Crippen LogP contribution >= 0.6 is 0 Å². The van der Waals surface area contributed by atoms with Crippen LogP contribution in [0.5, 0.6) is 5.75 Å². The largest absolute Gasteiger partial charge is 0.497 e. The van der Waals surface area contributed by atoms with E-state index in [1.165, 1.54) is 0 Å². The minimum absolute atomic E-state index is 0.136. The number of nitrogens with zero attached hydrogens (tertiary/aromatic N) is 2. The van der Waals surface area contributed by atoms with Gasteiger partial charge in [-0.15, -0.1) is 0 Å². The van der Waals surface area contributed by atoms with Crippen LogP contribution < -0.4 is 4.74 Å². The first-order chi connectivity index (χ1) is 10.5. The van der Waals surface area contributed by atoms with Gasteiger partial charge in [0.05, 0.1) is 25.9 Å². The third-order valence-corrected chi connectivity index (χ3v) is 3.86. The summed E-state index contributed by atoms with van der Waals surface area (Å²) in [6.45, 7) is 6.78. The molecular formula is C17H26N2O3. The van der Waals surface area contributed by atoms with Crippen molar-refractivity contribution in [2.75, 3.05) is 33.8 Å². The van der Waals surface area contributed by atoms with Crippen molar-refractivity contribution < 1.29 is 14.3 Å². The van der Waals surface area contributed by atoms with E-state index >= 15 is 0 Å². The number of methoxy groups -OCH3 is 1. The van der Waals surface area contributed by atoms with Crippen molar-refractivity contribution in [3.8, 4) is 5.75 Å². The molecule has 0 bridgehead atoms. The van der Waals surface area contributed by atoms with Crippen LogP contribution in [-0.2, 0) is 16.1 Å². The van der Waals surface area contributed by atoms with Gasteiger partial charge >= 0.3 is 0 Å². The number of hydrogen-bond acceptors (Lipinski definition) is 4. The van der Waals surface area contributed by atoms with E-state index in [1.807, 2.05) is 45.2 Å². The Hall–Kier alpha value is -1.59. The standard InChI is InChI=1S/C17H26N2O3/c1-13-9-19(10-14(2)22-13)12-17(20)18(3)11-15-5-7-16(21-4)8-6-15/h5-8,13-14H,9-12H2,1-4H3. The predicted octanol–water partition coefficient (Wildman–Crippen LogP) is 1.76. The van der Waals surface area contributed by atoms with Crippen LogP contribution in [0.3, 0.4) is 0 Å². The average Bonchev–Trinajstić information content (AvgIpc) is 2.46. The molecule has 1 aliphatic heterocycles. The molecule has 1 heterocycles. The zero-order chi connectivity index (χ0) is 16.1. The van der Waals surface area contributed by atoms with Gasteiger partial charge in [0.15, 0.2) is 0 Å². The molecule has 22 heavy (non-hydrogen) atoms. The molecule has 2 atom stereocenters. The minimum Gasteiger partial charge on any atom is -0.497 e. The summed E-state index contributed by atoms with van der Waals surface area (Å²) >= 11 is 0. The van der Waals surface area contributed by atoms with Gasteiger partial charge in [-0.3, -0.25) is 9.69 Å². The molecule has 0 N–H and O–H groups in total. The van der Waals surface area contributed by atoms with Crippen LogP contribution in [0.25, 0.3) is 0 Å². The summed E-state index contributed by atoms with van der Waals surface area (Å²) in [5.41, 5.74) is 1.10. The highest BCUT2D eigenvalue weighted by atomic mass is 16.5. The highest BCUT2D eigenvalue weighted by Gasteiger charge is 2.24. The summed E-state index contributed by atoms with van der Waals surface area (Å²) in [5, 5.41) is 0. The SMILES string of the molecule is COc1ccc(CN(C)C(=O)CN2CC(C)OC(C)C2)cc1. The van der Waals surface area contributed by atoms with Gasteiger partial charge in [0.1, 0.15) is 5.75 Å². The number of hydrogen-bond donors (Lipinski definition) is 0. The molecule has 2 unspecified atom stereocenters. The Labute approximate surface area is 132 Å². The van der Waals surface area contributed by atoms with Gasteiger partial charge in [-0.1, -0.05) is 12.1 Å². The van der Waals surface area contributed by atoms with Gasteiger partial charge < -0.3 is 14.4 Å². The van der Waals surface area contributed by atoms with Crippen LogP contribution in [0.4, 0.5) is 0 Å². The summed E-state index contributed by atoms with van der Waals surface area (Å²) in [4.78, 5) is 16.3. The number of amides is 1. The summed E-state index contributed by atoms with van der Waals surface area (Å²) in [6, 6.07) is 7.81. The van der Waals surface area contributed by atoms with E-state index in [-0.39, 0.29) is 18.1 Å². The topological polar surface area (TPSA) is 42.0 Å². The van der Waals surface area contributed by atoms with E-state index in [0.717, 1.165) is 24.4 Å². The first-order valence-corrected chi connectivity index (χ1v) is 7.72. The first kappa shape index (κ1) is 16.8. The zero-order valence-electron chi connectivity index (χ0n) is 13.9. The zero-order valence-corrected chi connectivity index (χ0v) is 13.9.